The molecule has 1 N–H and O–H groups in total. The molecule has 0 saturated heterocycles. The second kappa shape index (κ2) is 6.22. The summed E-state index contributed by atoms with van der Waals surface area (Å²) in [4.78, 5) is 8.67. The standard InChI is InChI=1S/C14H15Cl2N3/c1-3-12-18-13(16)9(2)14(19-12)17-8-10-4-6-11(15)7-5-10/h4-7H,3,8H2,1-2H3,(H,17,18,19). The largest absolute Gasteiger partial charge is 0.366 e. The van der Waals surface area contributed by atoms with Gasteiger partial charge in [-0.05, 0) is 24.6 Å². The van der Waals surface area contributed by atoms with E-state index in [1.54, 1.807) is 0 Å². The van der Waals surface area contributed by atoms with Crippen LogP contribution in [0.2, 0.25) is 10.2 Å². The van der Waals surface area contributed by atoms with Gasteiger partial charge >= 0.3 is 0 Å². The van der Waals surface area contributed by atoms with Gasteiger partial charge < -0.3 is 5.32 Å². The molecular weight excluding hydrogens is 281 g/mol. The van der Waals surface area contributed by atoms with E-state index in [-0.39, 0.29) is 0 Å². The molecule has 0 aliphatic heterocycles. The number of hydrogen-bond donors (Lipinski definition) is 1. The van der Waals surface area contributed by atoms with Crippen LogP contribution in [0.15, 0.2) is 24.3 Å². The Morgan fingerprint density at radius 2 is 1.79 bits per heavy atom. The van der Waals surface area contributed by atoms with Crippen LogP contribution in [0, 0.1) is 6.92 Å². The number of rotatable bonds is 4. The minimum atomic E-state index is 0.505. The first-order valence-corrected chi connectivity index (χ1v) is 6.87. The Balaban J connectivity index is 2.14. The first-order chi connectivity index (χ1) is 9.10. The summed E-state index contributed by atoms with van der Waals surface area (Å²) in [5, 5.41) is 4.53. The van der Waals surface area contributed by atoms with Gasteiger partial charge in [0.15, 0.2) is 0 Å². The van der Waals surface area contributed by atoms with Crippen LogP contribution in [0.4, 0.5) is 5.82 Å². The maximum atomic E-state index is 6.09. The Labute approximate surface area is 123 Å². The van der Waals surface area contributed by atoms with E-state index >= 15 is 0 Å². The summed E-state index contributed by atoms with van der Waals surface area (Å²) in [6.45, 7) is 4.59. The van der Waals surface area contributed by atoms with Crippen LogP contribution in [-0.2, 0) is 13.0 Å². The van der Waals surface area contributed by atoms with Crippen molar-refractivity contribution in [2.24, 2.45) is 0 Å². The van der Waals surface area contributed by atoms with Gasteiger partial charge in [0, 0.05) is 23.6 Å². The van der Waals surface area contributed by atoms with Crippen molar-refractivity contribution in [3.8, 4) is 0 Å². The summed E-state index contributed by atoms with van der Waals surface area (Å²) in [6, 6.07) is 7.70. The normalized spacial score (nSPS) is 10.5. The lowest BCUT2D eigenvalue weighted by Crippen LogP contribution is -2.07. The van der Waals surface area contributed by atoms with E-state index in [9.17, 15) is 0 Å². The molecule has 0 bridgehead atoms. The number of nitrogens with one attached hydrogen (secondary N) is 1. The molecule has 0 saturated carbocycles. The summed E-state index contributed by atoms with van der Waals surface area (Å²) in [5.41, 5.74) is 2.00. The number of anilines is 1. The van der Waals surface area contributed by atoms with E-state index in [1.165, 1.54) is 0 Å². The predicted octanol–water partition coefficient (Wildman–Crippen LogP) is 4.27. The third-order valence-corrected chi connectivity index (χ3v) is 3.44. The van der Waals surface area contributed by atoms with Gasteiger partial charge in [0.2, 0.25) is 0 Å². The maximum absolute atomic E-state index is 6.09. The van der Waals surface area contributed by atoms with Crippen LogP contribution < -0.4 is 5.32 Å². The highest BCUT2D eigenvalue weighted by Gasteiger charge is 2.08. The molecule has 0 aliphatic carbocycles. The Kier molecular flexibility index (Phi) is 4.61. The molecule has 0 fully saturated rings. The van der Waals surface area contributed by atoms with Gasteiger partial charge in [-0.1, -0.05) is 42.3 Å². The fraction of sp³-hybridized carbons (Fsp3) is 0.286. The number of hydrogen-bond acceptors (Lipinski definition) is 3. The lowest BCUT2D eigenvalue weighted by Gasteiger charge is -2.11. The van der Waals surface area contributed by atoms with Crippen LogP contribution in [0.1, 0.15) is 23.9 Å². The number of benzene rings is 1. The van der Waals surface area contributed by atoms with Crippen molar-refractivity contribution in [1.29, 1.82) is 0 Å². The molecule has 1 heterocycles. The van der Waals surface area contributed by atoms with Crippen molar-refractivity contribution in [3.05, 3.63) is 51.4 Å². The molecule has 5 heteroatoms. The molecule has 100 valence electrons. The van der Waals surface area contributed by atoms with Crippen LogP contribution in [0.25, 0.3) is 0 Å². The van der Waals surface area contributed by atoms with E-state index < -0.39 is 0 Å². The molecule has 0 spiro atoms. The quantitative estimate of drug-likeness (QED) is 0.856. The van der Waals surface area contributed by atoms with Crippen LogP contribution in [0.3, 0.4) is 0 Å². The molecule has 1 aromatic heterocycles. The highest BCUT2D eigenvalue weighted by atomic mass is 35.5. The molecule has 2 aromatic rings. The molecule has 1 aromatic carbocycles. The van der Waals surface area contributed by atoms with Crippen molar-refractivity contribution in [2.45, 2.75) is 26.8 Å². The Hall–Kier alpha value is -1.32. The number of halogens is 2. The first kappa shape index (κ1) is 14.1. The SMILES string of the molecule is CCc1nc(Cl)c(C)c(NCc2ccc(Cl)cc2)n1. The molecule has 3 nitrogen and oxygen atoms in total. The fourth-order valence-corrected chi connectivity index (χ4v) is 1.96. The van der Waals surface area contributed by atoms with Crippen molar-refractivity contribution < 1.29 is 0 Å². The lowest BCUT2D eigenvalue weighted by molar-refractivity contribution is 0.922. The van der Waals surface area contributed by atoms with Gasteiger partial charge in [-0.25, -0.2) is 9.97 Å². The summed E-state index contributed by atoms with van der Waals surface area (Å²) < 4.78 is 0. The average molecular weight is 296 g/mol. The zero-order chi connectivity index (χ0) is 13.8. The minimum absolute atomic E-state index is 0.505. The lowest BCUT2D eigenvalue weighted by atomic mass is 10.2. The molecule has 0 radical (unpaired) electrons. The van der Waals surface area contributed by atoms with Gasteiger partial charge in [-0.3, -0.25) is 0 Å². The van der Waals surface area contributed by atoms with Crippen molar-refractivity contribution in [2.75, 3.05) is 5.32 Å². The molecule has 0 aliphatic rings. The molecule has 2 rings (SSSR count). The molecule has 0 unspecified atom stereocenters. The number of nitrogens with zero attached hydrogens (tertiary/aromatic N) is 2. The molecule has 0 amide bonds. The third kappa shape index (κ3) is 3.58. The van der Waals surface area contributed by atoms with Crippen LogP contribution >= 0.6 is 23.2 Å². The minimum Gasteiger partial charge on any atom is -0.366 e. The zero-order valence-corrected chi connectivity index (χ0v) is 12.4. The summed E-state index contributed by atoms with van der Waals surface area (Å²) in [7, 11) is 0. The average Bonchev–Trinajstić information content (AvgIpc) is 2.42. The van der Waals surface area contributed by atoms with E-state index in [4.69, 9.17) is 23.2 Å². The Bertz CT molecular complexity index is 568. The maximum Gasteiger partial charge on any atom is 0.137 e. The van der Waals surface area contributed by atoms with E-state index in [0.717, 1.165) is 34.2 Å². The number of aromatic nitrogens is 2. The summed E-state index contributed by atoms with van der Waals surface area (Å²) in [5.74, 6) is 1.53. The Morgan fingerprint density at radius 3 is 2.42 bits per heavy atom. The van der Waals surface area contributed by atoms with Gasteiger partial charge in [-0.2, -0.15) is 0 Å². The zero-order valence-electron chi connectivity index (χ0n) is 10.9. The second-order valence-electron chi connectivity index (χ2n) is 4.24. The topological polar surface area (TPSA) is 37.8 Å². The second-order valence-corrected chi connectivity index (χ2v) is 5.03. The molecular formula is C14H15Cl2N3. The predicted molar refractivity (Wildman–Crippen MR) is 79.9 cm³/mol. The highest BCUT2D eigenvalue weighted by Crippen LogP contribution is 2.21. The first-order valence-electron chi connectivity index (χ1n) is 6.11. The molecule has 19 heavy (non-hydrogen) atoms. The Morgan fingerprint density at radius 1 is 1.11 bits per heavy atom. The van der Waals surface area contributed by atoms with Crippen LogP contribution in [0.5, 0.6) is 0 Å². The number of aryl methyl sites for hydroxylation is 1. The smallest absolute Gasteiger partial charge is 0.137 e. The summed E-state index contributed by atoms with van der Waals surface area (Å²) >= 11 is 11.9. The van der Waals surface area contributed by atoms with Crippen molar-refractivity contribution in [3.63, 3.8) is 0 Å². The monoisotopic (exact) mass is 295 g/mol. The molecule has 0 atom stereocenters. The highest BCUT2D eigenvalue weighted by molar-refractivity contribution is 6.30. The van der Waals surface area contributed by atoms with E-state index in [1.807, 2.05) is 38.1 Å². The van der Waals surface area contributed by atoms with Gasteiger partial charge in [0.25, 0.3) is 0 Å². The van der Waals surface area contributed by atoms with Gasteiger partial charge in [0.05, 0.1) is 0 Å². The van der Waals surface area contributed by atoms with Crippen molar-refractivity contribution >= 4 is 29.0 Å². The van der Waals surface area contributed by atoms with Crippen molar-refractivity contribution in [1.82, 2.24) is 9.97 Å². The third-order valence-electron chi connectivity index (χ3n) is 2.82. The summed E-state index contributed by atoms with van der Waals surface area (Å²) in [6.07, 6.45) is 0.760. The van der Waals surface area contributed by atoms with Gasteiger partial charge in [0.1, 0.15) is 16.8 Å². The van der Waals surface area contributed by atoms with Gasteiger partial charge in [-0.15, -0.1) is 0 Å². The van der Waals surface area contributed by atoms with Crippen LogP contribution in [-0.4, -0.2) is 9.97 Å². The van der Waals surface area contributed by atoms with E-state index in [0.29, 0.717) is 11.7 Å². The fourth-order valence-electron chi connectivity index (χ4n) is 1.65. The van der Waals surface area contributed by atoms with E-state index in [2.05, 4.69) is 15.3 Å².